The Kier molecular flexibility index (Phi) is 3.21. The van der Waals surface area contributed by atoms with Crippen LogP contribution in [0.25, 0.3) is 0 Å². The molecule has 0 radical (unpaired) electrons. The number of aryl methyl sites for hydroxylation is 1. The maximum Gasteiger partial charge on any atom is 0.268 e. The largest absolute Gasteiger partial charge is 0.475 e. The topological polar surface area (TPSA) is 38.3 Å². The summed E-state index contributed by atoms with van der Waals surface area (Å²) in [7, 11) is 0. The second kappa shape index (κ2) is 4.87. The van der Waals surface area contributed by atoms with Gasteiger partial charge in [0.25, 0.3) is 5.91 Å². The first-order valence-electron chi connectivity index (χ1n) is 7.31. The second-order valence-corrected chi connectivity index (χ2v) is 5.82. The second-order valence-electron chi connectivity index (χ2n) is 5.82. The normalized spacial score (nSPS) is 21.8. The van der Waals surface area contributed by atoms with E-state index in [1.165, 1.54) is 19.3 Å². The minimum absolute atomic E-state index is 0.0470. The first kappa shape index (κ1) is 12.5. The molecule has 3 rings (SSSR count). The van der Waals surface area contributed by atoms with Crippen molar-refractivity contribution in [1.82, 2.24) is 0 Å². The van der Waals surface area contributed by atoms with Crippen LogP contribution in [-0.2, 0) is 4.79 Å². The van der Waals surface area contributed by atoms with Crippen molar-refractivity contribution in [2.45, 2.75) is 57.5 Å². The molecule has 1 N–H and O–H groups in total. The van der Waals surface area contributed by atoms with Gasteiger partial charge in [-0.1, -0.05) is 25.3 Å². The van der Waals surface area contributed by atoms with Gasteiger partial charge < -0.3 is 10.1 Å². The number of amides is 1. The molecule has 0 aromatic heterocycles. The van der Waals surface area contributed by atoms with E-state index in [1.807, 2.05) is 25.1 Å². The average molecular weight is 259 g/mol. The SMILES string of the molecule is Cc1ccc2c(c1)OC1(CCCCCCC1)C(=O)N2. The number of ether oxygens (including phenoxy) is 1. The summed E-state index contributed by atoms with van der Waals surface area (Å²) in [4.78, 5) is 12.4. The zero-order valence-electron chi connectivity index (χ0n) is 11.5. The molecule has 1 heterocycles. The van der Waals surface area contributed by atoms with Crippen LogP contribution in [0, 0.1) is 6.92 Å². The Morgan fingerprint density at radius 1 is 1.11 bits per heavy atom. The van der Waals surface area contributed by atoms with Crippen LogP contribution in [-0.4, -0.2) is 11.5 Å². The van der Waals surface area contributed by atoms with Crippen molar-refractivity contribution in [2.75, 3.05) is 5.32 Å². The molecule has 1 amide bonds. The molecule has 0 bridgehead atoms. The van der Waals surface area contributed by atoms with Crippen LogP contribution in [0.5, 0.6) is 5.75 Å². The van der Waals surface area contributed by atoms with Crippen LogP contribution in [0.3, 0.4) is 0 Å². The van der Waals surface area contributed by atoms with Gasteiger partial charge in [0.2, 0.25) is 0 Å². The van der Waals surface area contributed by atoms with E-state index in [1.54, 1.807) is 0 Å². The zero-order chi connectivity index (χ0) is 13.3. The highest BCUT2D eigenvalue weighted by molar-refractivity contribution is 6.00. The third kappa shape index (κ3) is 2.34. The summed E-state index contributed by atoms with van der Waals surface area (Å²) in [6, 6.07) is 5.95. The highest BCUT2D eigenvalue weighted by Gasteiger charge is 2.43. The third-order valence-electron chi connectivity index (χ3n) is 4.27. The van der Waals surface area contributed by atoms with Crippen molar-refractivity contribution in [2.24, 2.45) is 0 Å². The van der Waals surface area contributed by atoms with Crippen molar-refractivity contribution in [3.05, 3.63) is 23.8 Å². The van der Waals surface area contributed by atoms with E-state index in [-0.39, 0.29) is 5.91 Å². The number of rotatable bonds is 0. The molecule has 0 atom stereocenters. The van der Waals surface area contributed by atoms with Gasteiger partial charge in [-0.3, -0.25) is 4.79 Å². The molecule has 1 aliphatic carbocycles. The summed E-state index contributed by atoms with van der Waals surface area (Å²) in [5, 5.41) is 3.03. The molecule has 1 saturated carbocycles. The molecule has 1 aromatic carbocycles. The molecule has 102 valence electrons. The van der Waals surface area contributed by atoms with E-state index in [0.717, 1.165) is 42.7 Å². The van der Waals surface area contributed by atoms with Crippen molar-refractivity contribution < 1.29 is 9.53 Å². The number of benzene rings is 1. The molecule has 1 fully saturated rings. The molecule has 0 saturated heterocycles. The lowest BCUT2D eigenvalue weighted by Gasteiger charge is -2.38. The fraction of sp³-hybridized carbons (Fsp3) is 0.562. The Morgan fingerprint density at radius 3 is 2.53 bits per heavy atom. The fourth-order valence-corrected chi connectivity index (χ4v) is 3.12. The first-order valence-corrected chi connectivity index (χ1v) is 7.31. The van der Waals surface area contributed by atoms with Gasteiger partial charge in [0.15, 0.2) is 5.60 Å². The van der Waals surface area contributed by atoms with Gasteiger partial charge in [0.05, 0.1) is 5.69 Å². The molecular formula is C16H21NO2. The Hall–Kier alpha value is -1.51. The summed E-state index contributed by atoms with van der Waals surface area (Å²) in [6.45, 7) is 2.05. The maximum atomic E-state index is 12.4. The average Bonchev–Trinajstić information content (AvgIpc) is 2.35. The number of hydrogen-bond donors (Lipinski definition) is 1. The van der Waals surface area contributed by atoms with Gasteiger partial charge in [-0.05, 0) is 50.3 Å². The van der Waals surface area contributed by atoms with Gasteiger partial charge in [0, 0.05) is 0 Å². The Labute approximate surface area is 114 Å². The van der Waals surface area contributed by atoms with Gasteiger partial charge in [-0.25, -0.2) is 0 Å². The minimum atomic E-state index is -0.624. The third-order valence-corrected chi connectivity index (χ3v) is 4.27. The molecule has 19 heavy (non-hydrogen) atoms. The predicted molar refractivity (Wildman–Crippen MR) is 75.5 cm³/mol. The lowest BCUT2D eigenvalue weighted by atomic mass is 9.85. The smallest absolute Gasteiger partial charge is 0.268 e. The van der Waals surface area contributed by atoms with Crippen LogP contribution in [0.15, 0.2) is 18.2 Å². The Bertz CT molecular complexity index is 488. The number of hydrogen-bond acceptors (Lipinski definition) is 2. The molecule has 3 heteroatoms. The molecular weight excluding hydrogens is 238 g/mol. The fourth-order valence-electron chi connectivity index (χ4n) is 3.12. The van der Waals surface area contributed by atoms with E-state index >= 15 is 0 Å². The molecule has 1 aliphatic heterocycles. The van der Waals surface area contributed by atoms with Crippen LogP contribution < -0.4 is 10.1 Å². The van der Waals surface area contributed by atoms with Crippen LogP contribution in [0.2, 0.25) is 0 Å². The summed E-state index contributed by atoms with van der Waals surface area (Å²) < 4.78 is 6.18. The number of carbonyl (C=O) groups is 1. The summed E-state index contributed by atoms with van der Waals surface area (Å²) >= 11 is 0. The lowest BCUT2D eigenvalue weighted by Crippen LogP contribution is -2.51. The molecule has 0 unspecified atom stereocenters. The zero-order valence-corrected chi connectivity index (χ0v) is 11.5. The van der Waals surface area contributed by atoms with Crippen LogP contribution in [0.4, 0.5) is 5.69 Å². The monoisotopic (exact) mass is 259 g/mol. The Morgan fingerprint density at radius 2 is 1.79 bits per heavy atom. The number of fused-ring (bicyclic) bond motifs is 1. The van der Waals surface area contributed by atoms with Crippen molar-refractivity contribution in [3.8, 4) is 5.75 Å². The van der Waals surface area contributed by atoms with E-state index in [2.05, 4.69) is 5.32 Å². The number of anilines is 1. The first-order chi connectivity index (χ1) is 9.20. The quantitative estimate of drug-likeness (QED) is 0.769. The number of carbonyl (C=O) groups excluding carboxylic acids is 1. The van der Waals surface area contributed by atoms with Crippen molar-refractivity contribution in [1.29, 1.82) is 0 Å². The molecule has 3 nitrogen and oxygen atoms in total. The van der Waals surface area contributed by atoms with E-state index in [4.69, 9.17) is 4.74 Å². The molecule has 1 aromatic rings. The van der Waals surface area contributed by atoms with E-state index in [9.17, 15) is 4.79 Å². The van der Waals surface area contributed by atoms with Crippen LogP contribution >= 0.6 is 0 Å². The van der Waals surface area contributed by atoms with Crippen molar-refractivity contribution in [3.63, 3.8) is 0 Å². The predicted octanol–water partition coefficient (Wildman–Crippen LogP) is 3.81. The molecule has 2 aliphatic rings. The van der Waals surface area contributed by atoms with Gasteiger partial charge >= 0.3 is 0 Å². The lowest BCUT2D eigenvalue weighted by molar-refractivity contribution is -0.134. The van der Waals surface area contributed by atoms with Crippen LogP contribution in [0.1, 0.15) is 50.5 Å². The van der Waals surface area contributed by atoms with E-state index < -0.39 is 5.60 Å². The van der Waals surface area contributed by atoms with Gasteiger partial charge in [-0.2, -0.15) is 0 Å². The van der Waals surface area contributed by atoms with E-state index in [0.29, 0.717) is 0 Å². The summed E-state index contributed by atoms with van der Waals surface area (Å²) in [6.07, 6.45) is 7.53. The Balaban J connectivity index is 1.92. The van der Waals surface area contributed by atoms with Gasteiger partial charge in [-0.15, -0.1) is 0 Å². The summed E-state index contributed by atoms with van der Waals surface area (Å²) in [5.74, 6) is 0.880. The number of nitrogens with one attached hydrogen (secondary N) is 1. The van der Waals surface area contributed by atoms with Crippen molar-refractivity contribution >= 4 is 11.6 Å². The minimum Gasteiger partial charge on any atom is -0.475 e. The highest BCUT2D eigenvalue weighted by Crippen LogP contribution is 2.40. The van der Waals surface area contributed by atoms with Gasteiger partial charge in [0.1, 0.15) is 5.75 Å². The molecule has 1 spiro atoms. The highest BCUT2D eigenvalue weighted by atomic mass is 16.5. The maximum absolute atomic E-state index is 12.4. The standard InChI is InChI=1S/C16H21NO2/c1-12-7-8-13-14(11-12)19-16(15(18)17-13)9-5-3-2-4-6-10-16/h7-8,11H,2-6,9-10H2,1H3,(H,17,18). The summed E-state index contributed by atoms with van der Waals surface area (Å²) in [5.41, 5.74) is 1.35.